The first-order valence-electron chi connectivity index (χ1n) is 13.4. The zero-order valence-electron chi connectivity index (χ0n) is 22.0. The highest BCUT2D eigenvalue weighted by molar-refractivity contribution is 7.15. The molecule has 12 heteroatoms. The molecule has 0 saturated carbocycles. The molecule has 0 amide bonds. The number of carboxylic acid groups (broad SMARTS) is 1. The number of aliphatic carboxylic acids is 1. The number of thiophene rings is 1. The molecule has 1 atom stereocenters. The molecule has 0 aliphatic carbocycles. The molecular weight excluding hydrogens is 556 g/mol. The van der Waals surface area contributed by atoms with Crippen molar-refractivity contribution in [3.63, 3.8) is 0 Å². The number of piperazine rings is 1. The molecule has 208 valence electrons. The molecule has 0 bridgehead atoms. The van der Waals surface area contributed by atoms with E-state index < -0.39 is 5.97 Å². The van der Waals surface area contributed by atoms with E-state index in [0.717, 1.165) is 67.2 Å². The minimum atomic E-state index is -0.751. The van der Waals surface area contributed by atoms with Crippen LogP contribution in [-0.2, 0) is 17.8 Å². The second-order valence-corrected chi connectivity index (χ2v) is 12.7. The Morgan fingerprint density at radius 2 is 1.97 bits per heavy atom. The fraction of sp³-hybridized carbons (Fsp3) is 0.519. The Hall–Kier alpha value is -2.44. The van der Waals surface area contributed by atoms with Crippen molar-refractivity contribution in [3.8, 4) is 10.6 Å². The maximum absolute atomic E-state index is 13.1. The van der Waals surface area contributed by atoms with Gasteiger partial charge in [0.2, 0.25) is 0 Å². The summed E-state index contributed by atoms with van der Waals surface area (Å²) >= 11 is 9.40. The van der Waals surface area contributed by atoms with Crippen LogP contribution in [0.4, 0.5) is 5.82 Å². The second-order valence-electron chi connectivity index (χ2n) is 10.2. The van der Waals surface area contributed by atoms with E-state index in [-0.39, 0.29) is 18.6 Å². The highest BCUT2D eigenvalue weighted by Gasteiger charge is 2.25. The molecule has 0 radical (unpaired) electrons. The summed E-state index contributed by atoms with van der Waals surface area (Å²) < 4.78 is 0. The number of halogens is 1. The van der Waals surface area contributed by atoms with Gasteiger partial charge < -0.3 is 10.0 Å². The molecule has 2 aliphatic heterocycles. The van der Waals surface area contributed by atoms with Crippen LogP contribution in [0.5, 0.6) is 0 Å². The molecule has 5 rings (SSSR count). The first kappa shape index (κ1) is 28.1. The fourth-order valence-electron chi connectivity index (χ4n) is 5.14. The normalized spacial score (nSPS) is 18.6. The number of ketones is 1. The Labute approximate surface area is 241 Å². The third-order valence-corrected chi connectivity index (χ3v) is 9.70. The Morgan fingerprint density at radius 3 is 2.62 bits per heavy atom. The number of carbonyl (C=O) groups excluding carboxylic acids is 1. The molecule has 0 spiro atoms. The molecule has 2 saturated heterocycles. The van der Waals surface area contributed by atoms with Crippen LogP contribution in [0.15, 0.2) is 23.8 Å². The highest BCUT2D eigenvalue weighted by Crippen LogP contribution is 2.36. The van der Waals surface area contributed by atoms with Gasteiger partial charge in [0.15, 0.2) is 5.78 Å². The Morgan fingerprint density at radius 1 is 1.15 bits per heavy atom. The zero-order valence-corrected chi connectivity index (χ0v) is 24.4. The van der Waals surface area contributed by atoms with Crippen molar-refractivity contribution in [1.29, 1.82) is 0 Å². The summed E-state index contributed by atoms with van der Waals surface area (Å²) in [5.74, 6) is -0.0915. The van der Waals surface area contributed by atoms with Crippen molar-refractivity contribution in [1.82, 2.24) is 24.8 Å². The van der Waals surface area contributed by atoms with Gasteiger partial charge in [-0.15, -0.1) is 22.7 Å². The smallest absolute Gasteiger partial charge is 0.303 e. The lowest BCUT2D eigenvalue weighted by Crippen LogP contribution is -2.47. The second kappa shape index (κ2) is 12.8. The lowest BCUT2D eigenvalue weighted by molar-refractivity contribution is -0.137. The van der Waals surface area contributed by atoms with E-state index in [1.807, 2.05) is 11.4 Å². The van der Waals surface area contributed by atoms with Crippen molar-refractivity contribution < 1.29 is 14.7 Å². The minimum absolute atomic E-state index is 0.0945. The van der Waals surface area contributed by atoms with E-state index in [2.05, 4.69) is 31.6 Å². The quantitative estimate of drug-likeness (QED) is 0.319. The molecule has 3 aromatic heterocycles. The standard InChI is InChI=1S/C27H33ClN6O3S2/c1-18-4-2-7-34(18)16-23-27(22-12-19(28)17-38-22)31-25(39-23)13-21(35)20-14-30-24(15-29-20)33-10-8-32(9-11-33)6-3-5-26(36)37/h12,14-15,17-18H,2-11,13,16H2,1H3,(H,36,37)/t18-/m1/s1. The van der Waals surface area contributed by atoms with Crippen LogP contribution in [0.3, 0.4) is 0 Å². The van der Waals surface area contributed by atoms with Gasteiger partial charge in [0, 0.05) is 55.4 Å². The fourth-order valence-corrected chi connectivity index (χ4v) is 7.40. The van der Waals surface area contributed by atoms with E-state index >= 15 is 0 Å². The number of carbonyl (C=O) groups is 2. The van der Waals surface area contributed by atoms with Gasteiger partial charge in [0.25, 0.3) is 0 Å². The van der Waals surface area contributed by atoms with E-state index in [9.17, 15) is 9.59 Å². The van der Waals surface area contributed by atoms with Crippen molar-refractivity contribution in [2.24, 2.45) is 0 Å². The van der Waals surface area contributed by atoms with Crippen LogP contribution in [0, 0.1) is 0 Å². The predicted octanol–water partition coefficient (Wildman–Crippen LogP) is 4.71. The number of aromatic nitrogens is 3. The number of Topliss-reactive ketones (excluding diaryl/α,β-unsaturated/α-hetero) is 1. The molecule has 3 aromatic rings. The number of nitrogens with zero attached hydrogens (tertiary/aromatic N) is 6. The molecular formula is C27H33ClN6O3S2. The Bertz CT molecular complexity index is 1290. The average Bonchev–Trinajstić information content (AvgIpc) is 3.65. The number of rotatable bonds is 11. The van der Waals surface area contributed by atoms with Crippen molar-refractivity contribution >= 4 is 51.8 Å². The summed E-state index contributed by atoms with van der Waals surface area (Å²) in [6, 6.07) is 2.50. The predicted molar refractivity (Wildman–Crippen MR) is 155 cm³/mol. The molecule has 0 aromatic carbocycles. The largest absolute Gasteiger partial charge is 0.481 e. The first-order chi connectivity index (χ1) is 18.9. The van der Waals surface area contributed by atoms with E-state index in [1.165, 1.54) is 17.7 Å². The molecule has 0 unspecified atom stereocenters. The van der Waals surface area contributed by atoms with E-state index in [4.69, 9.17) is 21.7 Å². The summed E-state index contributed by atoms with van der Waals surface area (Å²) in [5.41, 5.74) is 1.28. The van der Waals surface area contributed by atoms with Gasteiger partial charge in [-0.3, -0.25) is 19.4 Å². The summed E-state index contributed by atoms with van der Waals surface area (Å²) in [7, 11) is 0. The van der Waals surface area contributed by atoms with Gasteiger partial charge in [0.05, 0.1) is 34.4 Å². The van der Waals surface area contributed by atoms with Gasteiger partial charge in [-0.25, -0.2) is 15.0 Å². The molecule has 9 nitrogen and oxygen atoms in total. The zero-order chi connectivity index (χ0) is 27.4. The van der Waals surface area contributed by atoms with Crippen LogP contribution in [0.1, 0.15) is 53.0 Å². The SMILES string of the molecule is C[C@@H]1CCCN1Cc1sc(CC(=O)c2cnc(N3CCN(CCCC(=O)O)CC3)cn2)nc1-c1cc(Cl)cs1. The molecule has 2 aliphatic rings. The minimum Gasteiger partial charge on any atom is -0.481 e. The summed E-state index contributed by atoms with van der Waals surface area (Å²) in [4.78, 5) is 46.8. The van der Waals surface area contributed by atoms with Gasteiger partial charge >= 0.3 is 5.97 Å². The van der Waals surface area contributed by atoms with Crippen molar-refractivity contribution in [2.45, 2.75) is 51.6 Å². The van der Waals surface area contributed by atoms with E-state index in [1.54, 1.807) is 35.1 Å². The van der Waals surface area contributed by atoms with Crippen LogP contribution in [-0.4, -0.2) is 86.9 Å². The topological polar surface area (TPSA) is 103 Å². The number of hydrogen-bond acceptors (Lipinski definition) is 10. The first-order valence-corrected chi connectivity index (χ1v) is 15.4. The lowest BCUT2D eigenvalue weighted by atomic mass is 10.2. The number of anilines is 1. The number of likely N-dealkylation sites (tertiary alicyclic amines) is 1. The number of thiazole rings is 1. The van der Waals surface area contributed by atoms with Crippen molar-refractivity contribution in [3.05, 3.63) is 44.4 Å². The maximum atomic E-state index is 13.1. The van der Waals surface area contributed by atoms with Gasteiger partial charge in [0.1, 0.15) is 16.5 Å². The van der Waals surface area contributed by atoms with Gasteiger partial charge in [-0.2, -0.15) is 0 Å². The third kappa shape index (κ3) is 7.20. The van der Waals surface area contributed by atoms with Crippen molar-refractivity contribution in [2.75, 3.05) is 44.2 Å². The maximum Gasteiger partial charge on any atom is 0.303 e. The van der Waals surface area contributed by atoms with Crippen LogP contribution < -0.4 is 4.90 Å². The summed E-state index contributed by atoms with van der Waals surface area (Å²) in [5, 5.41) is 12.2. The van der Waals surface area contributed by atoms with E-state index in [0.29, 0.717) is 23.2 Å². The van der Waals surface area contributed by atoms with Crippen LogP contribution in [0.25, 0.3) is 10.6 Å². The molecule has 39 heavy (non-hydrogen) atoms. The number of hydrogen-bond donors (Lipinski definition) is 1. The third-order valence-electron chi connectivity index (χ3n) is 7.38. The summed E-state index contributed by atoms with van der Waals surface area (Å²) in [6.07, 6.45) is 6.71. The Kier molecular flexibility index (Phi) is 9.24. The average molecular weight is 589 g/mol. The van der Waals surface area contributed by atoms with Gasteiger partial charge in [-0.05, 0) is 45.3 Å². The molecule has 2 fully saturated rings. The van der Waals surface area contributed by atoms with Crippen LogP contribution in [0.2, 0.25) is 5.02 Å². The van der Waals surface area contributed by atoms with Gasteiger partial charge in [-0.1, -0.05) is 11.6 Å². The highest BCUT2D eigenvalue weighted by atomic mass is 35.5. The molecule has 1 N–H and O–H groups in total. The monoisotopic (exact) mass is 588 g/mol. The summed E-state index contributed by atoms with van der Waals surface area (Å²) in [6.45, 7) is 8.26. The lowest BCUT2D eigenvalue weighted by Gasteiger charge is -2.35. The Balaban J connectivity index is 1.21. The number of carboxylic acids is 1. The molecule has 5 heterocycles. The van der Waals surface area contributed by atoms with Crippen LogP contribution >= 0.6 is 34.3 Å².